The van der Waals surface area contributed by atoms with Gasteiger partial charge in [0, 0.05) is 35.7 Å². The zero-order valence-electron chi connectivity index (χ0n) is 17.7. The molecule has 3 atom stereocenters. The highest BCUT2D eigenvalue weighted by Gasteiger charge is 2.61. The fraction of sp³-hybridized carbons (Fsp3) is 0.240. The molecule has 1 aliphatic carbocycles. The number of H-pyrrole nitrogens is 1. The molecule has 7 nitrogen and oxygen atoms in total. The maximum Gasteiger partial charge on any atom is 0.225 e. The van der Waals surface area contributed by atoms with Crippen LogP contribution in [-0.2, 0) is 11.2 Å². The van der Waals surface area contributed by atoms with E-state index >= 15 is 0 Å². The van der Waals surface area contributed by atoms with Crippen molar-refractivity contribution >= 4 is 22.8 Å². The number of aromatic amines is 1. The van der Waals surface area contributed by atoms with Crippen LogP contribution < -0.4 is 14.8 Å². The van der Waals surface area contributed by atoms with E-state index in [0.29, 0.717) is 41.2 Å². The summed E-state index contributed by atoms with van der Waals surface area (Å²) in [5, 5.41) is 2.80. The Balaban J connectivity index is 1.18. The van der Waals surface area contributed by atoms with Crippen molar-refractivity contribution in [3.63, 3.8) is 0 Å². The first-order valence-corrected chi connectivity index (χ1v) is 11.0. The monoisotopic (exact) mass is 442 g/mol. The molecule has 7 rings (SSSR count). The number of amides is 1. The van der Waals surface area contributed by atoms with Gasteiger partial charge in [0.1, 0.15) is 40.8 Å². The van der Waals surface area contributed by atoms with E-state index in [0.717, 1.165) is 28.2 Å². The summed E-state index contributed by atoms with van der Waals surface area (Å²) in [6, 6.07) is 10.9. The lowest BCUT2D eigenvalue weighted by atomic mass is 10.1. The number of aromatic nitrogens is 3. The molecule has 1 fully saturated rings. The summed E-state index contributed by atoms with van der Waals surface area (Å²) in [7, 11) is 0. The van der Waals surface area contributed by atoms with E-state index in [2.05, 4.69) is 20.3 Å². The highest BCUT2D eigenvalue weighted by Crippen LogP contribution is 2.63. The fourth-order valence-corrected chi connectivity index (χ4v) is 5.03. The molecule has 8 heteroatoms. The summed E-state index contributed by atoms with van der Waals surface area (Å²) in [6.45, 7) is 1.75. The van der Waals surface area contributed by atoms with Crippen LogP contribution in [-0.4, -0.2) is 27.0 Å². The third-order valence-corrected chi connectivity index (χ3v) is 6.75. The summed E-state index contributed by atoms with van der Waals surface area (Å²) in [5.41, 5.74) is 4.04. The van der Waals surface area contributed by atoms with Crippen molar-refractivity contribution in [1.29, 1.82) is 0 Å². The number of carbonyl (C=O) groups excluding carboxylic acids is 1. The minimum absolute atomic E-state index is 0.0191. The van der Waals surface area contributed by atoms with Gasteiger partial charge in [0.15, 0.2) is 0 Å². The largest absolute Gasteiger partial charge is 0.489 e. The molecule has 1 saturated carbocycles. The zero-order valence-corrected chi connectivity index (χ0v) is 17.7. The molecular formula is C25H19FN4O3. The Kier molecular flexibility index (Phi) is 3.69. The number of anilines is 1. The molecular weight excluding hydrogens is 423 g/mol. The quantitative estimate of drug-likeness (QED) is 0.479. The summed E-state index contributed by atoms with van der Waals surface area (Å²) in [4.78, 5) is 23.9. The van der Waals surface area contributed by atoms with Crippen LogP contribution in [0.4, 0.5) is 10.2 Å². The average molecular weight is 442 g/mol. The maximum absolute atomic E-state index is 13.9. The normalized spacial score (nSPS) is 22.2. The fourth-order valence-electron chi connectivity index (χ4n) is 5.03. The number of benzene rings is 2. The Morgan fingerprint density at radius 1 is 1.15 bits per heavy atom. The Bertz CT molecular complexity index is 1440. The van der Waals surface area contributed by atoms with E-state index in [1.54, 1.807) is 19.2 Å². The average Bonchev–Trinajstić information content (AvgIpc) is 3.15. The number of nitrogens with one attached hydrogen (secondary N) is 2. The lowest BCUT2D eigenvalue weighted by Crippen LogP contribution is -2.20. The second kappa shape index (κ2) is 6.54. The Labute approximate surface area is 188 Å². The smallest absolute Gasteiger partial charge is 0.225 e. The van der Waals surface area contributed by atoms with Crippen molar-refractivity contribution in [3.05, 3.63) is 70.9 Å². The molecule has 2 aliphatic heterocycles. The van der Waals surface area contributed by atoms with Crippen molar-refractivity contribution in [2.45, 2.75) is 37.7 Å². The van der Waals surface area contributed by atoms with Gasteiger partial charge < -0.3 is 19.8 Å². The number of carbonyl (C=O) groups is 1. The third-order valence-electron chi connectivity index (χ3n) is 6.75. The second-order valence-corrected chi connectivity index (χ2v) is 8.86. The summed E-state index contributed by atoms with van der Waals surface area (Å²) in [6.07, 6.45) is 2.66. The standard InChI is InChI=1S/C25H19FN4O3/c1-11-8-16-17(10-15(11)26)29-25(28-16)22-21-14-9-12(2-4-18(14)33-23(21)22)32-19-6-7-27-24-13(19)3-5-20(31)30-24/h2,4,6-10,21-23H,3,5H2,1H3,(H,28,29)(H,27,30,31)/t21-,22-,23?/m0/s1. The molecule has 4 heterocycles. The van der Waals surface area contributed by atoms with Gasteiger partial charge in [-0.3, -0.25) is 4.79 Å². The predicted molar refractivity (Wildman–Crippen MR) is 118 cm³/mol. The van der Waals surface area contributed by atoms with Crippen LogP contribution in [0.25, 0.3) is 11.0 Å². The molecule has 0 spiro atoms. The molecule has 0 saturated heterocycles. The van der Waals surface area contributed by atoms with E-state index in [9.17, 15) is 9.18 Å². The molecule has 1 amide bonds. The SMILES string of the molecule is Cc1cc2[nH]c([C@@H]3C4Oc5ccc(Oc6ccnc7c6CCC(=O)N7)cc5[C@H]43)nc2cc1F. The number of nitrogens with zero attached hydrogens (tertiary/aromatic N) is 2. The van der Waals surface area contributed by atoms with E-state index in [1.165, 1.54) is 6.07 Å². The molecule has 2 aromatic heterocycles. The van der Waals surface area contributed by atoms with Crippen molar-refractivity contribution < 1.29 is 18.7 Å². The highest BCUT2D eigenvalue weighted by atomic mass is 19.1. The van der Waals surface area contributed by atoms with Crippen molar-refractivity contribution in [2.75, 3.05) is 5.32 Å². The van der Waals surface area contributed by atoms with E-state index < -0.39 is 0 Å². The van der Waals surface area contributed by atoms with E-state index in [1.807, 2.05) is 24.3 Å². The van der Waals surface area contributed by atoms with Crippen molar-refractivity contribution in [3.8, 4) is 17.2 Å². The third kappa shape index (κ3) is 2.83. The van der Waals surface area contributed by atoms with Crippen LogP contribution in [0.3, 0.4) is 0 Å². The van der Waals surface area contributed by atoms with Crippen molar-refractivity contribution in [2.24, 2.45) is 0 Å². The van der Waals surface area contributed by atoms with Crippen LogP contribution in [0.5, 0.6) is 17.2 Å². The topological polar surface area (TPSA) is 89.1 Å². The van der Waals surface area contributed by atoms with Crippen LogP contribution in [0.1, 0.15) is 40.8 Å². The van der Waals surface area contributed by atoms with Gasteiger partial charge in [-0.2, -0.15) is 0 Å². The van der Waals surface area contributed by atoms with Gasteiger partial charge >= 0.3 is 0 Å². The van der Waals surface area contributed by atoms with E-state index in [-0.39, 0.29) is 29.7 Å². The number of hydrogen-bond donors (Lipinski definition) is 2. The number of ether oxygens (including phenoxy) is 2. The highest BCUT2D eigenvalue weighted by molar-refractivity contribution is 5.93. The van der Waals surface area contributed by atoms with Gasteiger partial charge in [-0.1, -0.05) is 0 Å². The van der Waals surface area contributed by atoms with Crippen LogP contribution in [0.2, 0.25) is 0 Å². The number of imidazole rings is 1. The Morgan fingerprint density at radius 2 is 2.06 bits per heavy atom. The first-order chi connectivity index (χ1) is 16.0. The number of halogens is 1. The molecule has 2 aromatic carbocycles. The minimum atomic E-state index is -0.252. The van der Waals surface area contributed by atoms with Gasteiger partial charge in [-0.05, 0) is 49.2 Å². The second-order valence-electron chi connectivity index (χ2n) is 8.86. The number of aryl methyl sites for hydroxylation is 1. The van der Waals surface area contributed by atoms with E-state index in [4.69, 9.17) is 9.47 Å². The van der Waals surface area contributed by atoms with Crippen LogP contribution in [0, 0.1) is 12.7 Å². The molecule has 2 N–H and O–H groups in total. The number of fused-ring (bicyclic) bond motifs is 5. The first-order valence-electron chi connectivity index (χ1n) is 11.0. The number of hydrogen-bond acceptors (Lipinski definition) is 5. The lowest BCUT2D eigenvalue weighted by molar-refractivity contribution is -0.116. The zero-order chi connectivity index (χ0) is 22.3. The number of rotatable bonds is 3. The first kappa shape index (κ1) is 18.6. The van der Waals surface area contributed by atoms with Crippen LogP contribution in [0.15, 0.2) is 42.6 Å². The predicted octanol–water partition coefficient (Wildman–Crippen LogP) is 4.72. The Morgan fingerprint density at radius 3 is 2.97 bits per heavy atom. The number of pyridine rings is 1. The molecule has 4 aromatic rings. The molecule has 33 heavy (non-hydrogen) atoms. The maximum atomic E-state index is 13.9. The molecule has 1 unspecified atom stereocenters. The minimum Gasteiger partial charge on any atom is -0.489 e. The molecule has 3 aliphatic rings. The molecule has 164 valence electrons. The van der Waals surface area contributed by atoms with Gasteiger partial charge in [0.2, 0.25) is 5.91 Å². The van der Waals surface area contributed by atoms with Gasteiger partial charge in [0.25, 0.3) is 0 Å². The Hall–Kier alpha value is -3.94. The van der Waals surface area contributed by atoms with Gasteiger partial charge in [-0.15, -0.1) is 0 Å². The lowest BCUT2D eigenvalue weighted by Gasteiger charge is -2.19. The van der Waals surface area contributed by atoms with Gasteiger partial charge in [-0.25, -0.2) is 14.4 Å². The van der Waals surface area contributed by atoms with Crippen molar-refractivity contribution in [1.82, 2.24) is 15.0 Å². The van der Waals surface area contributed by atoms with Gasteiger partial charge in [0.05, 0.1) is 17.0 Å². The van der Waals surface area contributed by atoms with Crippen LogP contribution >= 0.6 is 0 Å². The summed E-state index contributed by atoms with van der Waals surface area (Å²) >= 11 is 0. The molecule has 0 radical (unpaired) electrons. The molecule has 0 bridgehead atoms. The summed E-state index contributed by atoms with van der Waals surface area (Å²) < 4.78 is 26.3. The summed E-state index contributed by atoms with van der Waals surface area (Å²) in [5.74, 6) is 3.64.